The largest absolute Gasteiger partial charge is 0.222 e. The van der Waals surface area contributed by atoms with E-state index in [0.29, 0.717) is 11.6 Å². The van der Waals surface area contributed by atoms with Crippen LogP contribution in [0.2, 0.25) is 0 Å². The van der Waals surface area contributed by atoms with Gasteiger partial charge in [-0.05, 0) is 6.92 Å². The summed E-state index contributed by atoms with van der Waals surface area (Å²) in [7, 11) is 0. The molecule has 0 aliphatic carbocycles. The van der Waals surface area contributed by atoms with Gasteiger partial charge in [0.2, 0.25) is 0 Å². The van der Waals surface area contributed by atoms with Crippen LogP contribution in [0, 0.1) is 6.92 Å². The Labute approximate surface area is 89.4 Å². The molecule has 1 heterocycles. The Bertz CT molecular complexity index is 257. The summed E-state index contributed by atoms with van der Waals surface area (Å²) in [5.74, 6) is 1.29. The van der Waals surface area contributed by atoms with E-state index in [-0.39, 0.29) is 0 Å². The van der Waals surface area contributed by atoms with Crippen LogP contribution >= 0.6 is 47.8 Å². The zero-order valence-corrected chi connectivity index (χ0v) is 10.3. The highest BCUT2D eigenvalue weighted by Gasteiger charge is 2.24. The lowest BCUT2D eigenvalue weighted by molar-refractivity contribution is 0.901. The zero-order chi connectivity index (χ0) is 8.48. The molecule has 1 rings (SSSR count). The Morgan fingerprint density at radius 2 is 1.91 bits per heavy atom. The quantitative estimate of drug-likeness (QED) is 0.678. The normalized spacial score (nSPS) is 11.6. The van der Waals surface area contributed by atoms with Gasteiger partial charge in [0, 0.05) is 0 Å². The highest BCUT2D eigenvalue weighted by Crippen LogP contribution is 2.41. The van der Waals surface area contributed by atoms with Crippen molar-refractivity contribution in [2.24, 2.45) is 0 Å². The molecule has 0 unspecified atom stereocenters. The number of halogens is 3. The average Bonchev–Trinajstić information content (AvgIpc) is 1.86. The van der Waals surface area contributed by atoms with Crippen molar-refractivity contribution in [2.75, 3.05) is 0 Å². The molecular formula is C5H4Br3N3. The van der Waals surface area contributed by atoms with Crippen LogP contribution in [0.3, 0.4) is 0 Å². The summed E-state index contributed by atoms with van der Waals surface area (Å²) in [6.45, 7) is 1.81. The molecular weight excluding hydrogens is 342 g/mol. The SMILES string of the molecule is Cc1ncnc(C(Br)(Br)Br)n1. The van der Waals surface area contributed by atoms with Crippen LogP contribution in [-0.4, -0.2) is 15.0 Å². The molecule has 0 aliphatic heterocycles. The smallest absolute Gasteiger partial charge is 0.194 e. The minimum Gasteiger partial charge on any atom is -0.222 e. The third kappa shape index (κ3) is 2.76. The van der Waals surface area contributed by atoms with E-state index in [1.807, 2.05) is 6.92 Å². The number of alkyl halides is 3. The number of aromatic nitrogens is 3. The first kappa shape index (κ1) is 9.54. The molecule has 1 aromatic rings. The summed E-state index contributed by atoms with van der Waals surface area (Å²) in [5, 5.41) is 0. The highest BCUT2D eigenvalue weighted by atomic mass is 80.0. The van der Waals surface area contributed by atoms with Gasteiger partial charge >= 0.3 is 0 Å². The summed E-state index contributed by atoms with van der Waals surface area (Å²) in [6.07, 6.45) is 1.47. The molecule has 0 amide bonds. The fraction of sp³-hybridized carbons (Fsp3) is 0.400. The van der Waals surface area contributed by atoms with Gasteiger partial charge in [0.05, 0.1) is 0 Å². The predicted octanol–water partition coefficient (Wildman–Crippen LogP) is 2.48. The summed E-state index contributed by atoms with van der Waals surface area (Å²) in [6, 6.07) is 0. The van der Waals surface area contributed by atoms with Gasteiger partial charge in [0.1, 0.15) is 12.2 Å². The number of nitrogens with zero attached hydrogens (tertiary/aromatic N) is 3. The second-order valence-corrected chi connectivity index (χ2v) is 8.61. The molecule has 60 valence electrons. The maximum atomic E-state index is 4.08. The number of aryl methyl sites for hydroxylation is 1. The molecule has 0 bridgehead atoms. The Balaban J connectivity index is 3.06. The molecule has 11 heavy (non-hydrogen) atoms. The highest BCUT2D eigenvalue weighted by molar-refractivity contribution is 9.38. The van der Waals surface area contributed by atoms with Crippen LogP contribution in [0.25, 0.3) is 0 Å². The van der Waals surface area contributed by atoms with Crippen molar-refractivity contribution in [2.45, 2.75) is 9.07 Å². The van der Waals surface area contributed by atoms with Crippen molar-refractivity contribution in [3.05, 3.63) is 18.0 Å². The summed E-state index contributed by atoms with van der Waals surface area (Å²) in [5.41, 5.74) is 0. The molecule has 6 heteroatoms. The van der Waals surface area contributed by atoms with Crippen LogP contribution in [-0.2, 0) is 2.14 Å². The van der Waals surface area contributed by atoms with E-state index in [4.69, 9.17) is 0 Å². The summed E-state index contributed by atoms with van der Waals surface area (Å²) < 4.78 is -0.541. The standard InChI is InChI=1S/C5H4Br3N3/c1-3-9-2-10-4(11-3)5(6,7)8/h2H,1H3. The molecule has 0 atom stereocenters. The number of hydrogen-bond donors (Lipinski definition) is 0. The van der Waals surface area contributed by atoms with Crippen LogP contribution < -0.4 is 0 Å². The summed E-state index contributed by atoms with van der Waals surface area (Å²) in [4.78, 5) is 11.9. The van der Waals surface area contributed by atoms with E-state index in [1.54, 1.807) is 0 Å². The fourth-order valence-corrected chi connectivity index (χ4v) is 1.09. The first-order valence-corrected chi connectivity index (χ1v) is 5.11. The first-order valence-electron chi connectivity index (χ1n) is 2.73. The molecule has 0 N–H and O–H groups in total. The monoisotopic (exact) mass is 343 g/mol. The van der Waals surface area contributed by atoms with Gasteiger partial charge in [-0.25, -0.2) is 15.0 Å². The third-order valence-electron chi connectivity index (χ3n) is 0.946. The Morgan fingerprint density at radius 1 is 1.27 bits per heavy atom. The predicted molar refractivity (Wildman–Crippen MR) is 53.0 cm³/mol. The van der Waals surface area contributed by atoms with E-state index >= 15 is 0 Å². The lowest BCUT2D eigenvalue weighted by Gasteiger charge is -2.08. The van der Waals surface area contributed by atoms with Crippen LogP contribution in [0.4, 0.5) is 0 Å². The molecule has 3 nitrogen and oxygen atoms in total. The van der Waals surface area contributed by atoms with E-state index in [9.17, 15) is 0 Å². The van der Waals surface area contributed by atoms with Gasteiger partial charge < -0.3 is 0 Å². The third-order valence-corrected chi connectivity index (χ3v) is 2.01. The average molecular weight is 346 g/mol. The van der Waals surface area contributed by atoms with E-state index in [1.165, 1.54) is 6.33 Å². The van der Waals surface area contributed by atoms with Crippen molar-refractivity contribution >= 4 is 47.8 Å². The van der Waals surface area contributed by atoms with Gasteiger partial charge in [-0.3, -0.25) is 0 Å². The maximum absolute atomic E-state index is 4.08. The van der Waals surface area contributed by atoms with E-state index < -0.39 is 2.14 Å². The molecule has 0 saturated carbocycles. The topological polar surface area (TPSA) is 38.7 Å². The Morgan fingerprint density at radius 3 is 2.27 bits per heavy atom. The lowest BCUT2D eigenvalue weighted by atomic mass is 10.6. The number of rotatable bonds is 0. The van der Waals surface area contributed by atoms with Crippen molar-refractivity contribution in [1.82, 2.24) is 15.0 Å². The van der Waals surface area contributed by atoms with Gasteiger partial charge in [0.25, 0.3) is 0 Å². The molecule has 0 aliphatic rings. The van der Waals surface area contributed by atoms with Gasteiger partial charge in [0.15, 0.2) is 7.97 Å². The van der Waals surface area contributed by atoms with Crippen molar-refractivity contribution < 1.29 is 0 Å². The molecule has 1 aromatic heterocycles. The van der Waals surface area contributed by atoms with Crippen molar-refractivity contribution in [3.63, 3.8) is 0 Å². The molecule has 0 aromatic carbocycles. The first-order chi connectivity index (χ1) is 5.00. The van der Waals surface area contributed by atoms with Gasteiger partial charge in [-0.15, -0.1) is 0 Å². The zero-order valence-electron chi connectivity index (χ0n) is 5.55. The fourth-order valence-electron chi connectivity index (χ4n) is 0.515. The van der Waals surface area contributed by atoms with Gasteiger partial charge in [-0.2, -0.15) is 0 Å². The Kier molecular flexibility index (Phi) is 2.99. The van der Waals surface area contributed by atoms with E-state index in [0.717, 1.165) is 0 Å². The van der Waals surface area contributed by atoms with E-state index in [2.05, 4.69) is 62.7 Å². The second kappa shape index (κ2) is 3.45. The van der Waals surface area contributed by atoms with Crippen molar-refractivity contribution in [1.29, 1.82) is 0 Å². The molecule has 0 saturated heterocycles. The van der Waals surface area contributed by atoms with Crippen LogP contribution in [0.15, 0.2) is 6.33 Å². The lowest BCUT2D eigenvalue weighted by Crippen LogP contribution is -2.06. The summed E-state index contributed by atoms with van der Waals surface area (Å²) >= 11 is 9.90. The minimum absolute atomic E-state index is 0.541. The molecule has 0 spiro atoms. The van der Waals surface area contributed by atoms with Crippen LogP contribution in [0.1, 0.15) is 11.6 Å². The Hall–Kier alpha value is 0.450. The second-order valence-electron chi connectivity index (χ2n) is 1.85. The van der Waals surface area contributed by atoms with Crippen molar-refractivity contribution in [3.8, 4) is 0 Å². The number of hydrogen-bond acceptors (Lipinski definition) is 3. The molecule has 0 fully saturated rings. The minimum atomic E-state index is -0.541. The van der Waals surface area contributed by atoms with Gasteiger partial charge in [-0.1, -0.05) is 47.8 Å². The maximum Gasteiger partial charge on any atom is 0.194 e. The van der Waals surface area contributed by atoms with Crippen LogP contribution in [0.5, 0.6) is 0 Å². The molecule has 0 radical (unpaired) electrons.